The van der Waals surface area contributed by atoms with E-state index in [-0.39, 0.29) is 6.04 Å². The third-order valence-electron chi connectivity index (χ3n) is 5.95. The highest BCUT2D eigenvalue weighted by Crippen LogP contribution is 2.55. The molecule has 132 valence electrons. The van der Waals surface area contributed by atoms with Gasteiger partial charge in [-0.1, -0.05) is 73.9 Å². The summed E-state index contributed by atoms with van der Waals surface area (Å²) < 4.78 is 0. The Morgan fingerprint density at radius 2 is 1.64 bits per heavy atom. The molecule has 1 amide bonds. The zero-order chi connectivity index (χ0) is 18.1. The summed E-state index contributed by atoms with van der Waals surface area (Å²) in [5.41, 5.74) is 4.06. The Balaban J connectivity index is 2.05. The number of benzene rings is 1. The summed E-state index contributed by atoms with van der Waals surface area (Å²) in [4.78, 5) is 14.9. The normalized spacial score (nSPS) is 25.8. The van der Waals surface area contributed by atoms with Gasteiger partial charge in [-0.15, -0.1) is 0 Å². The smallest absolute Gasteiger partial charge is 0.227 e. The first-order valence-corrected chi connectivity index (χ1v) is 16.5. The standard InChI is InChI=1S/C21H29NOSi2/c1-24(2,3)17-13-14-11-12-18(23)22-16-10-8-7-9-15(16)19(20(14)22)21(17)25(4,5)6/h7-10,13,19-20H,11-12H2,1-6H3/t19-,20-/m0/s1. The van der Waals surface area contributed by atoms with Crippen molar-refractivity contribution in [1.82, 2.24) is 0 Å². The van der Waals surface area contributed by atoms with Gasteiger partial charge >= 0.3 is 0 Å². The molecule has 25 heavy (non-hydrogen) atoms. The Hall–Kier alpha value is -1.40. The number of nitrogens with zero attached hydrogens (tertiary/aromatic N) is 1. The van der Waals surface area contributed by atoms with Gasteiger partial charge in [-0.25, -0.2) is 0 Å². The van der Waals surface area contributed by atoms with Gasteiger partial charge in [-0.2, -0.15) is 0 Å². The van der Waals surface area contributed by atoms with E-state index in [0.29, 0.717) is 18.2 Å². The minimum absolute atomic E-state index is 0.250. The second kappa shape index (κ2) is 5.30. The largest absolute Gasteiger partial charge is 0.304 e. The molecule has 1 fully saturated rings. The quantitative estimate of drug-likeness (QED) is 0.652. The first kappa shape index (κ1) is 17.0. The molecule has 1 aromatic carbocycles. The van der Waals surface area contributed by atoms with Crippen molar-refractivity contribution in [2.45, 2.75) is 64.1 Å². The zero-order valence-corrected chi connectivity index (χ0v) is 18.3. The van der Waals surface area contributed by atoms with Crippen molar-refractivity contribution in [1.29, 1.82) is 0 Å². The second-order valence-electron chi connectivity index (χ2n) is 9.79. The van der Waals surface area contributed by atoms with Crippen molar-refractivity contribution >= 4 is 27.7 Å². The lowest BCUT2D eigenvalue weighted by Gasteiger charge is -2.44. The van der Waals surface area contributed by atoms with Gasteiger partial charge in [0, 0.05) is 18.0 Å². The summed E-state index contributed by atoms with van der Waals surface area (Å²) in [6, 6.07) is 8.91. The molecule has 1 saturated heterocycles. The van der Waals surface area contributed by atoms with Gasteiger partial charge in [0.25, 0.3) is 0 Å². The summed E-state index contributed by atoms with van der Waals surface area (Å²) in [6.45, 7) is 14.9. The van der Waals surface area contributed by atoms with Crippen LogP contribution >= 0.6 is 0 Å². The van der Waals surface area contributed by atoms with E-state index in [9.17, 15) is 4.79 Å². The maximum Gasteiger partial charge on any atom is 0.227 e. The Morgan fingerprint density at radius 1 is 0.960 bits per heavy atom. The fraction of sp³-hybridized carbons (Fsp3) is 0.476. The van der Waals surface area contributed by atoms with E-state index in [1.54, 1.807) is 10.4 Å². The molecule has 0 spiro atoms. The SMILES string of the molecule is C[Si](C)(C)C1=C([Si](C)(C)C)[C@H]2c3ccccc3N3C(=O)CCC(=C1)[C@@H]23. The molecule has 0 unspecified atom stereocenters. The van der Waals surface area contributed by atoms with Crippen molar-refractivity contribution in [2.75, 3.05) is 4.90 Å². The van der Waals surface area contributed by atoms with Crippen LogP contribution in [0.25, 0.3) is 0 Å². The fourth-order valence-electron chi connectivity index (χ4n) is 5.02. The first-order valence-electron chi connectivity index (χ1n) is 9.47. The molecule has 0 N–H and O–H groups in total. The van der Waals surface area contributed by atoms with E-state index >= 15 is 0 Å². The van der Waals surface area contributed by atoms with Crippen LogP contribution in [-0.4, -0.2) is 28.1 Å². The first-order chi connectivity index (χ1) is 11.6. The van der Waals surface area contributed by atoms with Crippen LogP contribution in [0.2, 0.25) is 39.3 Å². The van der Waals surface area contributed by atoms with Crippen molar-refractivity contribution in [3.05, 3.63) is 51.9 Å². The van der Waals surface area contributed by atoms with Gasteiger partial charge < -0.3 is 4.90 Å². The average Bonchev–Trinajstić information content (AvgIpc) is 2.85. The summed E-state index contributed by atoms with van der Waals surface area (Å²) in [5.74, 6) is 0.706. The molecule has 0 bridgehead atoms. The predicted molar refractivity (Wildman–Crippen MR) is 111 cm³/mol. The van der Waals surface area contributed by atoms with Gasteiger partial charge in [-0.3, -0.25) is 4.79 Å². The topological polar surface area (TPSA) is 20.3 Å². The highest BCUT2D eigenvalue weighted by molar-refractivity contribution is 6.90. The third kappa shape index (κ3) is 2.45. The molecule has 2 nitrogen and oxygen atoms in total. The van der Waals surface area contributed by atoms with Crippen LogP contribution < -0.4 is 4.90 Å². The molecule has 0 saturated carbocycles. The van der Waals surface area contributed by atoms with Crippen molar-refractivity contribution < 1.29 is 4.79 Å². The summed E-state index contributed by atoms with van der Waals surface area (Å²) in [6.07, 6.45) is 4.13. The minimum Gasteiger partial charge on any atom is -0.304 e. The molecule has 0 radical (unpaired) electrons. The van der Waals surface area contributed by atoms with Crippen molar-refractivity contribution in [3.8, 4) is 0 Å². The third-order valence-corrected chi connectivity index (χ3v) is 10.4. The van der Waals surface area contributed by atoms with Crippen LogP contribution in [0, 0.1) is 0 Å². The second-order valence-corrected chi connectivity index (χ2v) is 19.9. The summed E-state index contributed by atoms with van der Waals surface area (Å²) in [5, 5.41) is 3.39. The zero-order valence-electron chi connectivity index (χ0n) is 16.3. The van der Waals surface area contributed by atoms with E-state index in [0.717, 1.165) is 6.42 Å². The summed E-state index contributed by atoms with van der Waals surface area (Å²) >= 11 is 0. The Bertz CT molecular complexity index is 823. The Morgan fingerprint density at radius 3 is 2.28 bits per heavy atom. The highest BCUT2D eigenvalue weighted by atomic mass is 28.3. The minimum atomic E-state index is -1.52. The molecule has 2 aliphatic heterocycles. The van der Waals surface area contributed by atoms with Crippen LogP contribution in [0.5, 0.6) is 0 Å². The molecule has 2 heterocycles. The van der Waals surface area contributed by atoms with E-state index in [1.807, 2.05) is 0 Å². The van der Waals surface area contributed by atoms with Gasteiger partial charge in [0.05, 0.1) is 22.2 Å². The molecule has 3 aliphatic rings. The number of allylic oxidation sites excluding steroid dienone is 2. The number of amides is 1. The van der Waals surface area contributed by atoms with E-state index in [1.165, 1.54) is 16.8 Å². The number of para-hydroxylation sites is 1. The molecular formula is C21H29NOSi2. The van der Waals surface area contributed by atoms with Crippen LogP contribution in [0.15, 0.2) is 46.3 Å². The van der Waals surface area contributed by atoms with Crippen molar-refractivity contribution in [2.24, 2.45) is 0 Å². The molecule has 2 atom stereocenters. The van der Waals surface area contributed by atoms with Crippen molar-refractivity contribution in [3.63, 3.8) is 0 Å². The van der Waals surface area contributed by atoms with Gasteiger partial charge in [0.2, 0.25) is 5.91 Å². The van der Waals surface area contributed by atoms with Crippen LogP contribution in [-0.2, 0) is 4.79 Å². The molecule has 1 aromatic rings. The maximum absolute atomic E-state index is 12.8. The lowest BCUT2D eigenvalue weighted by Crippen LogP contribution is -2.49. The molecular weight excluding hydrogens is 338 g/mol. The maximum atomic E-state index is 12.8. The van der Waals surface area contributed by atoms with E-state index in [4.69, 9.17) is 0 Å². The number of piperidine rings is 1. The number of rotatable bonds is 2. The molecule has 4 heteroatoms. The number of hydrogen-bond acceptors (Lipinski definition) is 1. The number of carbonyl (C=O) groups is 1. The molecule has 4 rings (SSSR count). The lowest BCUT2D eigenvalue weighted by atomic mass is 9.82. The van der Waals surface area contributed by atoms with Gasteiger partial charge in [0.15, 0.2) is 0 Å². The Kier molecular flexibility index (Phi) is 3.61. The molecule has 1 aliphatic carbocycles. The van der Waals surface area contributed by atoms with Gasteiger partial charge in [0.1, 0.15) is 0 Å². The van der Waals surface area contributed by atoms with E-state index in [2.05, 4.69) is 74.5 Å². The molecule has 0 aromatic heterocycles. The monoisotopic (exact) mass is 367 g/mol. The predicted octanol–water partition coefficient (Wildman–Crippen LogP) is 5.27. The van der Waals surface area contributed by atoms with Crippen LogP contribution in [0.3, 0.4) is 0 Å². The van der Waals surface area contributed by atoms with Gasteiger partial charge in [-0.05, 0) is 23.6 Å². The lowest BCUT2D eigenvalue weighted by molar-refractivity contribution is -0.119. The highest BCUT2D eigenvalue weighted by Gasteiger charge is 2.52. The fourth-order valence-corrected chi connectivity index (χ4v) is 11.0. The number of hydrogen-bond donors (Lipinski definition) is 0. The summed E-state index contributed by atoms with van der Waals surface area (Å²) in [7, 11) is -2.97. The number of carbonyl (C=O) groups excluding carboxylic acids is 1. The van der Waals surface area contributed by atoms with Crippen LogP contribution in [0.4, 0.5) is 5.69 Å². The average molecular weight is 368 g/mol. The van der Waals surface area contributed by atoms with Crippen LogP contribution in [0.1, 0.15) is 24.3 Å². The number of anilines is 1. The van der Waals surface area contributed by atoms with E-state index < -0.39 is 16.1 Å². The Labute approximate surface area is 153 Å². The number of fused-ring (bicyclic) bond motifs is 3.